The number of fused-ring (bicyclic) bond motifs is 1. The first-order chi connectivity index (χ1) is 22.8. The second kappa shape index (κ2) is 16.2. The van der Waals surface area contributed by atoms with E-state index in [-0.39, 0.29) is 23.8 Å². The van der Waals surface area contributed by atoms with Crippen LogP contribution in [0.15, 0.2) is 0 Å². The molecule has 4 rings (SSSR count). The van der Waals surface area contributed by atoms with Gasteiger partial charge in [-0.3, -0.25) is 34.2 Å². The van der Waals surface area contributed by atoms with Gasteiger partial charge < -0.3 is 31.6 Å². The lowest BCUT2D eigenvalue weighted by atomic mass is 9.84. The van der Waals surface area contributed by atoms with Crippen LogP contribution >= 0.6 is 0 Å². The van der Waals surface area contributed by atoms with Crippen LogP contribution in [0.2, 0.25) is 0 Å². The van der Waals surface area contributed by atoms with E-state index in [1.807, 2.05) is 27.7 Å². The molecule has 4 fully saturated rings. The topological polar surface area (TPSA) is 201 Å². The number of carbonyl (C=O) groups is 6. The maximum absolute atomic E-state index is 14.5. The molecule has 0 aromatic carbocycles. The first-order valence-electron chi connectivity index (χ1n) is 17.9. The molecule has 1 unspecified atom stereocenters. The van der Waals surface area contributed by atoms with Crippen LogP contribution in [0.25, 0.3) is 0 Å². The van der Waals surface area contributed by atoms with E-state index in [0.29, 0.717) is 38.4 Å². The van der Waals surface area contributed by atoms with Crippen molar-refractivity contribution in [2.24, 2.45) is 23.2 Å². The largest absolute Gasteiger partial charge is 0.347 e. The fourth-order valence-electron chi connectivity index (χ4n) is 7.70. The lowest BCUT2D eigenvalue weighted by molar-refractivity contribution is -0.146. The molecule has 48 heavy (non-hydrogen) atoms. The minimum Gasteiger partial charge on any atom is -0.347 e. The third kappa shape index (κ3) is 9.07. The van der Waals surface area contributed by atoms with Crippen molar-refractivity contribution in [3.05, 3.63) is 0 Å². The number of nitrogens with zero attached hydrogens (tertiary/aromatic N) is 1. The maximum atomic E-state index is 14.5. The molecule has 1 saturated heterocycles. The van der Waals surface area contributed by atoms with Crippen LogP contribution in [0.4, 0.5) is 0 Å². The van der Waals surface area contributed by atoms with E-state index in [1.54, 1.807) is 4.90 Å². The molecule has 5 amide bonds. The Hall–Kier alpha value is -3.64. The van der Waals surface area contributed by atoms with Crippen molar-refractivity contribution in [1.82, 2.24) is 26.2 Å². The highest BCUT2D eigenvalue weighted by Crippen LogP contribution is 2.43. The number of Topliss-reactive ketones (excluding diaryl/α,β-unsaturated/α-hetero) is 1. The molecule has 0 bridgehead atoms. The Labute approximate surface area is 283 Å². The predicted octanol–water partition coefficient (Wildman–Crippen LogP) is 2.40. The van der Waals surface area contributed by atoms with Crippen molar-refractivity contribution >= 4 is 47.2 Å². The summed E-state index contributed by atoms with van der Waals surface area (Å²) < 4.78 is 0. The first-order valence-corrected chi connectivity index (χ1v) is 17.9. The Balaban J connectivity index is 1.57. The molecule has 3 aliphatic carbocycles. The SMILES string of the molecule is CCC[C@H](NC(=O)[C@H]1[C@H]2CCCC2CN1C(=O)[C@H](NC(=O)[C@H](NC(=O)C(=N)C=N)C1CCCCCC1)C(C)(C)C)C(=O)C(=O)NC1CC1. The zero-order valence-corrected chi connectivity index (χ0v) is 29.0. The minimum absolute atomic E-state index is 0.00444. The fourth-order valence-corrected chi connectivity index (χ4v) is 7.70. The normalized spacial score (nSPS) is 24.7. The summed E-state index contributed by atoms with van der Waals surface area (Å²) in [6.45, 7) is 7.72. The lowest BCUT2D eigenvalue weighted by Crippen LogP contribution is -2.62. The zero-order valence-electron chi connectivity index (χ0n) is 29.0. The summed E-state index contributed by atoms with van der Waals surface area (Å²) in [4.78, 5) is 82.6. The van der Waals surface area contributed by atoms with Gasteiger partial charge in [-0.15, -0.1) is 0 Å². The second-order valence-corrected chi connectivity index (χ2v) is 15.3. The van der Waals surface area contributed by atoms with E-state index in [4.69, 9.17) is 10.8 Å². The highest BCUT2D eigenvalue weighted by Gasteiger charge is 2.52. The van der Waals surface area contributed by atoms with Gasteiger partial charge in [-0.2, -0.15) is 0 Å². The molecule has 0 radical (unpaired) electrons. The molecule has 6 atom stereocenters. The van der Waals surface area contributed by atoms with Gasteiger partial charge in [0.25, 0.3) is 11.8 Å². The van der Waals surface area contributed by atoms with E-state index in [1.165, 1.54) is 0 Å². The van der Waals surface area contributed by atoms with Crippen molar-refractivity contribution < 1.29 is 28.8 Å². The lowest BCUT2D eigenvalue weighted by Gasteiger charge is -2.38. The van der Waals surface area contributed by atoms with Gasteiger partial charge >= 0.3 is 0 Å². The van der Waals surface area contributed by atoms with Gasteiger partial charge in [0.05, 0.1) is 6.04 Å². The minimum atomic E-state index is -1.04. The Morgan fingerprint density at radius 3 is 2.10 bits per heavy atom. The third-order valence-electron chi connectivity index (χ3n) is 10.5. The summed E-state index contributed by atoms with van der Waals surface area (Å²) in [6, 6.07) is -3.88. The average Bonchev–Trinajstić information content (AvgIpc) is 3.71. The van der Waals surface area contributed by atoms with Crippen LogP contribution in [0, 0.1) is 34.0 Å². The van der Waals surface area contributed by atoms with Crippen LogP contribution in [0.3, 0.4) is 0 Å². The zero-order chi connectivity index (χ0) is 35.2. The molecular formula is C35H55N7O6. The van der Waals surface area contributed by atoms with Crippen molar-refractivity contribution in [3.8, 4) is 0 Å². The van der Waals surface area contributed by atoms with Crippen LogP contribution < -0.4 is 21.3 Å². The number of likely N-dealkylation sites (tertiary alicyclic amines) is 1. The molecular weight excluding hydrogens is 614 g/mol. The van der Waals surface area contributed by atoms with E-state index in [0.717, 1.165) is 57.8 Å². The van der Waals surface area contributed by atoms with Gasteiger partial charge in [0.2, 0.25) is 23.5 Å². The summed E-state index contributed by atoms with van der Waals surface area (Å²) in [5.74, 6) is -3.80. The molecule has 4 aliphatic rings. The second-order valence-electron chi connectivity index (χ2n) is 15.3. The van der Waals surface area contributed by atoms with Crippen molar-refractivity contribution in [2.75, 3.05) is 6.54 Å². The quantitative estimate of drug-likeness (QED) is 0.0931. The smallest absolute Gasteiger partial charge is 0.289 e. The first kappa shape index (κ1) is 37.2. The van der Waals surface area contributed by atoms with Gasteiger partial charge in [-0.1, -0.05) is 66.2 Å². The molecule has 1 aliphatic heterocycles. The summed E-state index contributed by atoms with van der Waals surface area (Å²) in [5, 5.41) is 26.3. The van der Waals surface area contributed by atoms with Crippen LogP contribution in [0.1, 0.15) is 111 Å². The molecule has 266 valence electrons. The summed E-state index contributed by atoms with van der Waals surface area (Å²) >= 11 is 0. The fraction of sp³-hybridized carbons (Fsp3) is 0.771. The Morgan fingerprint density at radius 2 is 1.52 bits per heavy atom. The number of rotatable bonds is 14. The van der Waals surface area contributed by atoms with E-state index < -0.39 is 70.6 Å². The molecule has 13 nitrogen and oxygen atoms in total. The van der Waals surface area contributed by atoms with Gasteiger partial charge in [0.1, 0.15) is 23.8 Å². The standard InChI is InChI=1S/C35H55N7O6/c1-5-11-25(28(43)33(47)38-22-16-17-22)39-32(46)27-23-15-10-14-21(23)19-42(27)34(48)29(35(2,3)4)41-31(45)26(40-30(44)24(37)18-36)20-12-8-6-7-9-13-20/h18,20-23,25-27,29,36-37H,5-17,19H2,1-4H3,(H,38,47)(H,39,46)(H,40,44)(H,41,45)/t21?,23-,25-,26+,27+,29-/m0/s1. The number of ketones is 1. The van der Waals surface area contributed by atoms with Gasteiger partial charge in [0.15, 0.2) is 0 Å². The third-order valence-corrected chi connectivity index (χ3v) is 10.5. The molecule has 0 aromatic rings. The van der Waals surface area contributed by atoms with Gasteiger partial charge in [-0.25, -0.2) is 0 Å². The molecule has 3 saturated carbocycles. The predicted molar refractivity (Wildman–Crippen MR) is 180 cm³/mol. The summed E-state index contributed by atoms with van der Waals surface area (Å²) in [6.07, 6.45) is 10.9. The monoisotopic (exact) mass is 669 g/mol. The number of hydrogen-bond donors (Lipinski definition) is 6. The van der Waals surface area contributed by atoms with Crippen molar-refractivity contribution in [1.29, 1.82) is 10.8 Å². The van der Waals surface area contributed by atoms with Crippen molar-refractivity contribution in [2.45, 2.75) is 141 Å². The number of nitrogens with one attached hydrogen (secondary N) is 6. The summed E-state index contributed by atoms with van der Waals surface area (Å²) in [5.41, 5.74) is -1.33. The Kier molecular flexibility index (Phi) is 12.5. The molecule has 0 spiro atoms. The molecule has 0 aromatic heterocycles. The van der Waals surface area contributed by atoms with Crippen LogP contribution in [-0.4, -0.2) is 88.9 Å². The highest BCUT2D eigenvalue weighted by molar-refractivity contribution is 6.59. The molecule has 1 heterocycles. The number of hydrogen-bond acceptors (Lipinski definition) is 8. The van der Waals surface area contributed by atoms with E-state index in [2.05, 4.69) is 21.3 Å². The van der Waals surface area contributed by atoms with Gasteiger partial charge in [0, 0.05) is 18.8 Å². The maximum Gasteiger partial charge on any atom is 0.289 e. The average molecular weight is 670 g/mol. The van der Waals surface area contributed by atoms with Crippen LogP contribution in [0.5, 0.6) is 0 Å². The van der Waals surface area contributed by atoms with Crippen molar-refractivity contribution in [3.63, 3.8) is 0 Å². The van der Waals surface area contributed by atoms with E-state index in [9.17, 15) is 28.8 Å². The number of carbonyl (C=O) groups excluding carboxylic acids is 6. The Bertz CT molecular complexity index is 1270. The molecule has 6 N–H and O–H groups in total. The summed E-state index contributed by atoms with van der Waals surface area (Å²) in [7, 11) is 0. The molecule has 13 heteroatoms. The van der Waals surface area contributed by atoms with Gasteiger partial charge in [-0.05, 0) is 68.1 Å². The highest BCUT2D eigenvalue weighted by atomic mass is 16.2. The Morgan fingerprint density at radius 1 is 0.854 bits per heavy atom. The number of amides is 5. The van der Waals surface area contributed by atoms with E-state index >= 15 is 0 Å². The van der Waals surface area contributed by atoms with Crippen LogP contribution in [-0.2, 0) is 28.8 Å².